The van der Waals surface area contributed by atoms with E-state index in [0.29, 0.717) is 24.2 Å². The minimum atomic E-state index is -1.32. The number of fused-ring (bicyclic) bond motifs is 1. The number of hydrogen-bond donors (Lipinski definition) is 2. The molecule has 1 atom stereocenters. The summed E-state index contributed by atoms with van der Waals surface area (Å²) in [6.45, 7) is 5.99. The Kier molecular flexibility index (Phi) is 10.5. The van der Waals surface area contributed by atoms with E-state index in [9.17, 15) is 28.8 Å². The summed E-state index contributed by atoms with van der Waals surface area (Å²) in [5.41, 5.74) is 2.90. The number of rotatable bonds is 12. The van der Waals surface area contributed by atoms with E-state index in [1.165, 1.54) is 18.2 Å². The molecule has 0 bridgehead atoms. The summed E-state index contributed by atoms with van der Waals surface area (Å²) in [5.74, 6) is -4.98. The molecule has 0 saturated heterocycles. The first-order valence-corrected chi connectivity index (χ1v) is 14.7. The van der Waals surface area contributed by atoms with Crippen LogP contribution in [0.4, 0.5) is 11.4 Å². The summed E-state index contributed by atoms with van der Waals surface area (Å²) in [6.07, 6.45) is 1.39. The Labute approximate surface area is 260 Å². The van der Waals surface area contributed by atoms with E-state index < -0.39 is 60.7 Å². The normalized spacial score (nSPS) is 12.9. The molecule has 3 aromatic carbocycles. The number of benzene rings is 3. The van der Waals surface area contributed by atoms with Crippen molar-refractivity contribution in [1.29, 1.82) is 0 Å². The fourth-order valence-corrected chi connectivity index (χ4v) is 5.02. The smallest absolute Gasteiger partial charge is 0.338 e. The quantitative estimate of drug-likeness (QED) is 0.226. The fourth-order valence-electron chi connectivity index (χ4n) is 5.02. The number of carbonyl (C=O) groups excluding carboxylic acids is 6. The highest BCUT2D eigenvalue weighted by Gasteiger charge is 2.45. The van der Waals surface area contributed by atoms with Gasteiger partial charge in [-0.2, -0.15) is 0 Å². The first kappa shape index (κ1) is 32.6. The van der Waals surface area contributed by atoms with Crippen LogP contribution < -0.4 is 10.6 Å². The van der Waals surface area contributed by atoms with Crippen LogP contribution in [0.2, 0.25) is 0 Å². The molecule has 45 heavy (non-hydrogen) atoms. The van der Waals surface area contributed by atoms with Crippen molar-refractivity contribution in [3.63, 3.8) is 0 Å². The molecule has 2 N–H and O–H groups in total. The summed E-state index contributed by atoms with van der Waals surface area (Å²) in [4.78, 5) is 78.3. The molecule has 0 aromatic heterocycles. The third kappa shape index (κ3) is 7.43. The zero-order valence-electron chi connectivity index (χ0n) is 25.5. The van der Waals surface area contributed by atoms with Gasteiger partial charge in [-0.3, -0.25) is 24.1 Å². The first-order chi connectivity index (χ1) is 21.5. The minimum absolute atomic E-state index is 0.00201. The van der Waals surface area contributed by atoms with E-state index in [1.807, 2.05) is 38.1 Å². The topological polar surface area (TPSA) is 148 Å². The zero-order chi connectivity index (χ0) is 32.7. The van der Waals surface area contributed by atoms with Gasteiger partial charge in [0.25, 0.3) is 23.6 Å². The lowest BCUT2D eigenvalue weighted by molar-refractivity contribution is -0.152. The molecule has 4 rings (SSSR count). The molecular weight excluding hydrogens is 578 g/mol. The van der Waals surface area contributed by atoms with Crippen LogP contribution in [0, 0.1) is 5.92 Å². The third-order valence-electron chi connectivity index (χ3n) is 7.33. The van der Waals surface area contributed by atoms with Crippen LogP contribution in [0.15, 0.2) is 66.7 Å². The molecular formula is C34H35N3O8. The number of nitrogens with zero attached hydrogens (tertiary/aromatic N) is 1. The number of para-hydroxylation sites is 2. The van der Waals surface area contributed by atoms with E-state index >= 15 is 0 Å². The van der Waals surface area contributed by atoms with Gasteiger partial charge in [0.15, 0.2) is 13.2 Å². The molecule has 4 amide bonds. The summed E-state index contributed by atoms with van der Waals surface area (Å²) in [7, 11) is 0. The number of aryl methyl sites for hydroxylation is 2. The van der Waals surface area contributed by atoms with E-state index in [-0.39, 0.29) is 16.7 Å². The molecule has 1 aliphatic rings. The summed E-state index contributed by atoms with van der Waals surface area (Å²) in [6, 6.07) is 17.0. The van der Waals surface area contributed by atoms with Crippen LogP contribution in [0.1, 0.15) is 69.9 Å². The SMILES string of the molecule is CCc1ccccc1NC(=O)COC(=O)c1ccc2c(c1)C(=O)N(C(C(=O)OCC(=O)Nc1ccccc1CC)C(C)C)C2=O. The van der Waals surface area contributed by atoms with Crippen molar-refractivity contribution >= 4 is 46.9 Å². The largest absolute Gasteiger partial charge is 0.454 e. The number of anilines is 2. The standard InChI is InChI=1S/C34H35N3O8/c1-5-21-11-7-9-13-26(21)35-28(38)18-44-33(42)23-15-16-24-25(17-23)32(41)37(31(24)40)30(20(3)4)34(43)45-19-29(39)36-27-14-10-8-12-22(27)6-2/h7-17,20,30H,5-6,18-19H2,1-4H3,(H,35,38)(H,36,39). The van der Waals surface area contributed by atoms with Gasteiger partial charge in [-0.15, -0.1) is 0 Å². The number of nitrogens with one attached hydrogen (secondary N) is 2. The van der Waals surface area contributed by atoms with Crippen LogP contribution in [0.3, 0.4) is 0 Å². The molecule has 0 aliphatic carbocycles. The van der Waals surface area contributed by atoms with Gasteiger partial charge in [-0.25, -0.2) is 9.59 Å². The summed E-state index contributed by atoms with van der Waals surface area (Å²) < 4.78 is 10.4. The van der Waals surface area contributed by atoms with E-state index in [0.717, 1.165) is 16.0 Å². The van der Waals surface area contributed by atoms with Crippen molar-refractivity contribution < 1.29 is 38.2 Å². The van der Waals surface area contributed by atoms with Gasteiger partial charge < -0.3 is 20.1 Å². The summed E-state index contributed by atoms with van der Waals surface area (Å²) in [5, 5.41) is 5.41. The first-order valence-electron chi connectivity index (χ1n) is 14.7. The van der Waals surface area contributed by atoms with Gasteiger partial charge in [0.1, 0.15) is 6.04 Å². The average molecular weight is 614 g/mol. The van der Waals surface area contributed by atoms with Crippen molar-refractivity contribution in [2.24, 2.45) is 5.92 Å². The Morgan fingerprint density at radius 3 is 1.76 bits per heavy atom. The van der Waals surface area contributed by atoms with Crippen LogP contribution in [-0.2, 0) is 36.7 Å². The van der Waals surface area contributed by atoms with Gasteiger partial charge in [0, 0.05) is 11.4 Å². The fraction of sp³-hybridized carbons (Fsp3) is 0.294. The van der Waals surface area contributed by atoms with Crippen molar-refractivity contribution in [3.05, 3.63) is 94.5 Å². The summed E-state index contributed by atoms with van der Waals surface area (Å²) >= 11 is 0. The Balaban J connectivity index is 1.40. The molecule has 0 spiro atoms. The molecule has 0 saturated carbocycles. The molecule has 234 valence electrons. The maximum absolute atomic E-state index is 13.4. The lowest BCUT2D eigenvalue weighted by atomic mass is 10.0. The molecule has 1 heterocycles. The molecule has 0 fully saturated rings. The molecule has 1 aliphatic heterocycles. The Hall–Kier alpha value is -5.32. The van der Waals surface area contributed by atoms with Crippen molar-refractivity contribution in [1.82, 2.24) is 4.90 Å². The number of ether oxygens (including phenoxy) is 2. The van der Waals surface area contributed by atoms with Gasteiger partial charge in [-0.1, -0.05) is 64.1 Å². The van der Waals surface area contributed by atoms with Gasteiger partial charge >= 0.3 is 11.9 Å². The van der Waals surface area contributed by atoms with E-state index in [2.05, 4.69) is 10.6 Å². The second-order valence-corrected chi connectivity index (χ2v) is 10.7. The Bertz CT molecular complexity index is 1650. The maximum atomic E-state index is 13.4. The molecule has 11 heteroatoms. The lowest BCUT2D eigenvalue weighted by Gasteiger charge is -2.27. The second kappa shape index (κ2) is 14.4. The zero-order valence-corrected chi connectivity index (χ0v) is 25.5. The number of esters is 2. The predicted octanol–water partition coefficient (Wildman–Crippen LogP) is 4.41. The van der Waals surface area contributed by atoms with Crippen molar-refractivity contribution in [2.75, 3.05) is 23.8 Å². The maximum Gasteiger partial charge on any atom is 0.338 e. The average Bonchev–Trinajstić information content (AvgIpc) is 3.27. The second-order valence-electron chi connectivity index (χ2n) is 10.7. The number of hydrogen-bond acceptors (Lipinski definition) is 8. The van der Waals surface area contributed by atoms with Crippen LogP contribution >= 0.6 is 0 Å². The molecule has 1 unspecified atom stereocenters. The highest BCUT2D eigenvalue weighted by atomic mass is 16.5. The van der Waals surface area contributed by atoms with E-state index in [4.69, 9.17) is 9.47 Å². The van der Waals surface area contributed by atoms with Crippen molar-refractivity contribution in [2.45, 2.75) is 46.6 Å². The third-order valence-corrected chi connectivity index (χ3v) is 7.33. The van der Waals surface area contributed by atoms with Crippen LogP contribution in [0.25, 0.3) is 0 Å². The van der Waals surface area contributed by atoms with Crippen LogP contribution in [0.5, 0.6) is 0 Å². The van der Waals surface area contributed by atoms with Crippen molar-refractivity contribution in [3.8, 4) is 0 Å². The van der Waals surface area contributed by atoms with E-state index in [1.54, 1.807) is 38.1 Å². The number of carbonyl (C=O) groups is 6. The lowest BCUT2D eigenvalue weighted by Crippen LogP contribution is -2.49. The number of imide groups is 1. The number of amides is 4. The van der Waals surface area contributed by atoms with Gasteiger partial charge in [0.05, 0.1) is 16.7 Å². The van der Waals surface area contributed by atoms with Gasteiger partial charge in [-0.05, 0) is 60.2 Å². The highest BCUT2D eigenvalue weighted by molar-refractivity contribution is 6.23. The highest BCUT2D eigenvalue weighted by Crippen LogP contribution is 2.29. The Morgan fingerprint density at radius 2 is 1.22 bits per heavy atom. The monoisotopic (exact) mass is 613 g/mol. The predicted molar refractivity (Wildman–Crippen MR) is 166 cm³/mol. The molecule has 11 nitrogen and oxygen atoms in total. The minimum Gasteiger partial charge on any atom is -0.454 e. The molecule has 3 aromatic rings. The molecule has 0 radical (unpaired) electrons. The van der Waals surface area contributed by atoms with Crippen LogP contribution in [-0.4, -0.2) is 59.7 Å². The van der Waals surface area contributed by atoms with Gasteiger partial charge in [0.2, 0.25) is 0 Å². The Morgan fingerprint density at radius 1 is 0.711 bits per heavy atom.